The Kier molecular flexibility index (Phi) is 7.41. The quantitative estimate of drug-likeness (QED) is 0.542. The number of alkyl halides is 3. The number of nitrogens with one attached hydrogen (secondary N) is 2. The number of anilines is 3. The third-order valence-electron chi connectivity index (χ3n) is 5.99. The Balaban J connectivity index is 1.30. The number of carbonyl (C=O) groups excluding carboxylic acids is 2. The van der Waals surface area contributed by atoms with Crippen LogP contribution in [0.2, 0.25) is 0 Å². The van der Waals surface area contributed by atoms with Crippen LogP contribution in [0.1, 0.15) is 19.8 Å². The summed E-state index contributed by atoms with van der Waals surface area (Å²) >= 11 is 0. The standard InChI is InChI=1S/C24H26F4N4O4/c1-15(33)29-13-20-14-32(23(34)35-20)18-4-7-22(21(25)12-18)31-10-8-17(9-11-31)30-16-2-5-19(6-3-16)36-24(26,27)28/h2-7,12,17,20,30H,8-11,13-14H2,1H3,(H,29,33)/t20-/m0/s1. The van der Waals surface area contributed by atoms with Gasteiger partial charge in [0, 0.05) is 31.7 Å². The predicted octanol–water partition coefficient (Wildman–Crippen LogP) is 4.27. The molecule has 2 aliphatic heterocycles. The van der Waals surface area contributed by atoms with Crippen molar-refractivity contribution in [1.29, 1.82) is 0 Å². The Labute approximate surface area is 205 Å². The second kappa shape index (κ2) is 10.5. The highest BCUT2D eigenvalue weighted by atomic mass is 19.4. The zero-order valence-corrected chi connectivity index (χ0v) is 19.5. The minimum Gasteiger partial charge on any atom is -0.442 e. The molecule has 2 N–H and O–H groups in total. The summed E-state index contributed by atoms with van der Waals surface area (Å²) in [5, 5.41) is 5.89. The topological polar surface area (TPSA) is 83.1 Å². The average molecular weight is 510 g/mol. The lowest BCUT2D eigenvalue weighted by atomic mass is 10.0. The van der Waals surface area contributed by atoms with Crippen LogP contribution in [0.4, 0.5) is 39.4 Å². The van der Waals surface area contributed by atoms with Crippen LogP contribution >= 0.6 is 0 Å². The first-order valence-corrected chi connectivity index (χ1v) is 11.5. The summed E-state index contributed by atoms with van der Waals surface area (Å²) in [6.45, 7) is 2.92. The van der Waals surface area contributed by atoms with E-state index in [4.69, 9.17) is 4.74 Å². The summed E-state index contributed by atoms with van der Waals surface area (Å²) in [6.07, 6.45) is -4.44. The van der Waals surface area contributed by atoms with Crippen LogP contribution in [0.5, 0.6) is 5.75 Å². The second-order valence-corrected chi connectivity index (χ2v) is 8.67. The fourth-order valence-corrected chi connectivity index (χ4v) is 4.27. The molecule has 4 rings (SSSR count). The van der Waals surface area contributed by atoms with Gasteiger partial charge in [0.15, 0.2) is 0 Å². The van der Waals surface area contributed by atoms with E-state index in [1.165, 1.54) is 42.2 Å². The monoisotopic (exact) mass is 510 g/mol. The van der Waals surface area contributed by atoms with Crippen molar-refractivity contribution in [3.05, 3.63) is 48.3 Å². The van der Waals surface area contributed by atoms with E-state index in [0.29, 0.717) is 43.0 Å². The Morgan fingerprint density at radius 2 is 1.83 bits per heavy atom. The van der Waals surface area contributed by atoms with E-state index in [2.05, 4.69) is 15.4 Å². The summed E-state index contributed by atoms with van der Waals surface area (Å²) in [5.74, 6) is -0.975. The normalized spacial score (nSPS) is 18.7. The summed E-state index contributed by atoms with van der Waals surface area (Å²) in [7, 11) is 0. The van der Waals surface area contributed by atoms with Gasteiger partial charge < -0.3 is 25.0 Å². The van der Waals surface area contributed by atoms with Crippen molar-refractivity contribution < 1.29 is 36.6 Å². The van der Waals surface area contributed by atoms with Gasteiger partial charge in [-0.3, -0.25) is 9.69 Å². The molecule has 0 aliphatic carbocycles. The number of cyclic esters (lactones) is 1. The van der Waals surface area contributed by atoms with Gasteiger partial charge in [-0.1, -0.05) is 0 Å². The van der Waals surface area contributed by atoms with Crippen LogP contribution in [-0.2, 0) is 9.53 Å². The highest BCUT2D eigenvalue weighted by Crippen LogP contribution is 2.30. The Morgan fingerprint density at radius 3 is 2.44 bits per heavy atom. The van der Waals surface area contributed by atoms with Gasteiger partial charge in [0.2, 0.25) is 5.91 Å². The maximum absolute atomic E-state index is 15.0. The number of hydrogen-bond acceptors (Lipinski definition) is 6. The summed E-state index contributed by atoms with van der Waals surface area (Å²) in [5.41, 5.74) is 1.47. The van der Waals surface area contributed by atoms with Crippen molar-refractivity contribution in [2.45, 2.75) is 38.3 Å². The van der Waals surface area contributed by atoms with E-state index in [9.17, 15) is 27.2 Å². The average Bonchev–Trinajstić information content (AvgIpc) is 3.19. The van der Waals surface area contributed by atoms with Crippen molar-refractivity contribution in [2.75, 3.05) is 41.3 Å². The Bertz CT molecular complexity index is 1090. The van der Waals surface area contributed by atoms with Crippen LogP contribution in [0.3, 0.4) is 0 Å². The predicted molar refractivity (Wildman–Crippen MR) is 125 cm³/mol. The number of nitrogens with zero attached hydrogens (tertiary/aromatic N) is 2. The van der Waals surface area contributed by atoms with Gasteiger partial charge in [0.05, 0.1) is 24.5 Å². The highest BCUT2D eigenvalue weighted by molar-refractivity contribution is 5.90. The van der Waals surface area contributed by atoms with Crippen molar-refractivity contribution in [3.8, 4) is 5.75 Å². The zero-order chi connectivity index (χ0) is 25.9. The molecule has 2 saturated heterocycles. The first kappa shape index (κ1) is 25.4. The number of ether oxygens (including phenoxy) is 2. The van der Waals surface area contributed by atoms with Crippen LogP contribution in [0.15, 0.2) is 42.5 Å². The van der Waals surface area contributed by atoms with Crippen LogP contribution < -0.4 is 25.2 Å². The van der Waals surface area contributed by atoms with Gasteiger partial charge in [-0.05, 0) is 55.3 Å². The number of piperidine rings is 1. The molecule has 2 aromatic carbocycles. The third-order valence-corrected chi connectivity index (χ3v) is 5.99. The lowest BCUT2D eigenvalue weighted by molar-refractivity contribution is -0.274. The minimum absolute atomic E-state index is 0.0814. The molecule has 36 heavy (non-hydrogen) atoms. The molecule has 0 unspecified atom stereocenters. The number of carbonyl (C=O) groups is 2. The van der Waals surface area contributed by atoms with E-state index >= 15 is 0 Å². The van der Waals surface area contributed by atoms with Crippen molar-refractivity contribution in [1.82, 2.24) is 5.32 Å². The third kappa shape index (κ3) is 6.49. The van der Waals surface area contributed by atoms with Crippen LogP contribution in [-0.4, -0.2) is 56.7 Å². The van der Waals surface area contributed by atoms with E-state index in [-0.39, 0.29) is 30.8 Å². The largest absolute Gasteiger partial charge is 0.573 e. The van der Waals surface area contributed by atoms with Gasteiger partial charge in [0.1, 0.15) is 17.7 Å². The molecule has 2 fully saturated rings. The number of amides is 2. The van der Waals surface area contributed by atoms with Crippen LogP contribution in [0.25, 0.3) is 0 Å². The Hall–Kier alpha value is -3.70. The molecule has 0 saturated carbocycles. The molecule has 2 amide bonds. The molecule has 0 aromatic heterocycles. The number of rotatable bonds is 7. The van der Waals surface area contributed by atoms with E-state index < -0.39 is 24.4 Å². The SMILES string of the molecule is CC(=O)NC[C@H]1CN(c2ccc(N3CCC(Nc4ccc(OC(F)(F)F)cc4)CC3)c(F)c2)C(=O)O1. The number of halogens is 4. The molecule has 2 aliphatic rings. The fraction of sp³-hybridized carbons (Fsp3) is 0.417. The highest BCUT2D eigenvalue weighted by Gasteiger charge is 2.33. The molecule has 0 spiro atoms. The number of hydrogen-bond donors (Lipinski definition) is 2. The van der Waals surface area contributed by atoms with Crippen molar-refractivity contribution in [3.63, 3.8) is 0 Å². The summed E-state index contributed by atoms with van der Waals surface area (Å²) < 4.78 is 61.0. The van der Waals surface area contributed by atoms with Crippen LogP contribution in [0, 0.1) is 5.82 Å². The molecular weight excluding hydrogens is 484 g/mol. The van der Waals surface area contributed by atoms with Gasteiger partial charge in [-0.15, -0.1) is 13.2 Å². The van der Waals surface area contributed by atoms with Crippen molar-refractivity contribution >= 4 is 29.1 Å². The molecule has 8 nitrogen and oxygen atoms in total. The second-order valence-electron chi connectivity index (χ2n) is 8.67. The molecule has 194 valence electrons. The zero-order valence-electron chi connectivity index (χ0n) is 19.5. The molecule has 0 bridgehead atoms. The summed E-state index contributed by atoms with van der Waals surface area (Å²) in [6, 6.07) is 10.2. The van der Waals surface area contributed by atoms with Gasteiger partial charge in [-0.25, -0.2) is 9.18 Å². The smallest absolute Gasteiger partial charge is 0.442 e. The molecule has 12 heteroatoms. The minimum atomic E-state index is -4.73. The molecule has 1 atom stereocenters. The van der Waals surface area contributed by atoms with E-state index in [1.54, 1.807) is 12.1 Å². The maximum atomic E-state index is 15.0. The first-order valence-electron chi connectivity index (χ1n) is 11.5. The van der Waals surface area contributed by atoms with Crippen molar-refractivity contribution in [2.24, 2.45) is 0 Å². The Morgan fingerprint density at radius 1 is 1.14 bits per heavy atom. The molecule has 2 aromatic rings. The molecule has 2 heterocycles. The molecule has 0 radical (unpaired) electrons. The van der Waals surface area contributed by atoms with Gasteiger partial charge in [0.25, 0.3) is 0 Å². The number of benzene rings is 2. The summed E-state index contributed by atoms with van der Waals surface area (Å²) in [4.78, 5) is 26.5. The lowest BCUT2D eigenvalue weighted by Gasteiger charge is -2.34. The van der Waals surface area contributed by atoms with Gasteiger partial charge >= 0.3 is 12.5 Å². The van der Waals surface area contributed by atoms with E-state index in [0.717, 1.165) is 0 Å². The maximum Gasteiger partial charge on any atom is 0.573 e. The van der Waals surface area contributed by atoms with E-state index in [1.807, 2.05) is 4.90 Å². The first-order chi connectivity index (χ1) is 17.1. The molecular formula is C24H26F4N4O4. The lowest BCUT2D eigenvalue weighted by Crippen LogP contribution is -2.39. The fourth-order valence-electron chi connectivity index (χ4n) is 4.27. The van der Waals surface area contributed by atoms with Gasteiger partial charge in [-0.2, -0.15) is 0 Å².